The second-order valence-electron chi connectivity index (χ2n) is 5.38. The third-order valence-electron chi connectivity index (χ3n) is 3.71. The molecule has 8 heteroatoms. The Morgan fingerprint density at radius 3 is 3.12 bits per heavy atom. The molecule has 1 amide bonds. The number of aromatic nitrogens is 3. The lowest BCUT2D eigenvalue weighted by Gasteiger charge is -2.12. The third-order valence-corrected chi connectivity index (χ3v) is 5.38. The molecule has 1 saturated heterocycles. The second-order valence-corrected chi connectivity index (χ2v) is 7.06. The minimum atomic E-state index is -0.219. The zero-order valence-electron chi connectivity index (χ0n) is 12.6. The van der Waals surface area contributed by atoms with E-state index in [9.17, 15) is 4.79 Å². The minimum Gasteiger partial charge on any atom is -0.473 e. The second kappa shape index (κ2) is 6.74. The first-order chi connectivity index (χ1) is 11.8. The zero-order valence-corrected chi connectivity index (χ0v) is 14.3. The summed E-state index contributed by atoms with van der Waals surface area (Å²) in [6, 6.07) is 8.88. The van der Waals surface area contributed by atoms with Gasteiger partial charge in [-0.2, -0.15) is 20.5 Å². The molecule has 1 aromatic carbocycles. The van der Waals surface area contributed by atoms with E-state index in [0.29, 0.717) is 22.6 Å². The van der Waals surface area contributed by atoms with E-state index in [1.54, 1.807) is 18.3 Å². The molecular weight excluding hydrogens is 344 g/mol. The number of carbonyl (C=O) groups is 1. The monoisotopic (exact) mass is 358 g/mol. The summed E-state index contributed by atoms with van der Waals surface area (Å²) >= 11 is 3.00. The Kier molecular flexibility index (Phi) is 4.31. The van der Waals surface area contributed by atoms with E-state index in [1.165, 1.54) is 0 Å². The maximum Gasteiger partial charge on any atom is 0.255 e. The van der Waals surface area contributed by atoms with Crippen molar-refractivity contribution in [1.82, 2.24) is 13.7 Å². The van der Waals surface area contributed by atoms with Crippen molar-refractivity contribution in [3.05, 3.63) is 42.1 Å². The number of thioether (sulfide) groups is 1. The predicted molar refractivity (Wildman–Crippen MR) is 96.0 cm³/mol. The van der Waals surface area contributed by atoms with Gasteiger partial charge in [-0.25, -0.2) is 4.98 Å². The van der Waals surface area contributed by atoms with Crippen molar-refractivity contribution >= 4 is 46.1 Å². The maximum atomic E-state index is 12.5. The van der Waals surface area contributed by atoms with Crippen LogP contribution in [0.25, 0.3) is 11.0 Å². The highest BCUT2D eigenvalue weighted by Gasteiger charge is 2.18. The molecule has 0 spiro atoms. The van der Waals surface area contributed by atoms with E-state index in [0.717, 1.165) is 35.2 Å². The summed E-state index contributed by atoms with van der Waals surface area (Å²) in [5.41, 5.74) is 2.63. The fourth-order valence-electron chi connectivity index (χ4n) is 2.49. The van der Waals surface area contributed by atoms with Gasteiger partial charge < -0.3 is 10.1 Å². The van der Waals surface area contributed by atoms with E-state index in [-0.39, 0.29) is 12.0 Å². The highest BCUT2D eigenvalue weighted by molar-refractivity contribution is 7.99. The van der Waals surface area contributed by atoms with Crippen LogP contribution in [0.3, 0.4) is 0 Å². The molecule has 1 unspecified atom stereocenters. The van der Waals surface area contributed by atoms with Crippen LogP contribution >= 0.6 is 23.5 Å². The fourth-order valence-corrected chi connectivity index (χ4v) is 4.14. The van der Waals surface area contributed by atoms with Gasteiger partial charge in [0.25, 0.3) is 5.91 Å². The molecule has 4 rings (SSSR count). The number of rotatable bonds is 4. The summed E-state index contributed by atoms with van der Waals surface area (Å²) in [5, 5.41) is 2.89. The first-order valence-corrected chi connectivity index (χ1v) is 9.41. The van der Waals surface area contributed by atoms with Gasteiger partial charge in [0.05, 0.1) is 17.4 Å². The predicted octanol–water partition coefficient (Wildman–Crippen LogP) is 3.22. The summed E-state index contributed by atoms with van der Waals surface area (Å²) in [6.45, 7) is 0. The Hall–Kier alpha value is -2.19. The van der Waals surface area contributed by atoms with E-state index >= 15 is 0 Å². The molecule has 0 bridgehead atoms. The summed E-state index contributed by atoms with van der Waals surface area (Å²) in [5.74, 6) is 2.35. The number of amides is 1. The van der Waals surface area contributed by atoms with E-state index in [1.807, 2.05) is 30.0 Å². The van der Waals surface area contributed by atoms with Crippen LogP contribution in [0.4, 0.5) is 5.69 Å². The van der Waals surface area contributed by atoms with Crippen LogP contribution in [0, 0.1) is 0 Å². The molecule has 6 nitrogen and oxygen atoms in total. The number of carbonyl (C=O) groups excluding carboxylic acids is 1. The van der Waals surface area contributed by atoms with E-state index < -0.39 is 0 Å². The number of nitrogens with one attached hydrogen (secondary N) is 1. The largest absolute Gasteiger partial charge is 0.473 e. The molecule has 1 N–H and O–H groups in total. The number of pyridine rings is 1. The molecule has 2 aromatic heterocycles. The van der Waals surface area contributed by atoms with Crippen molar-refractivity contribution in [3.63, 3.8) is 0 Å². The molecule has 24 heavy (non-hydrogen) atoms. The van der Waals surface area contributed by atoms with Crippen molar-refractivity contribution in [2.45, 2.75) is 12.5 Å². The summed E-state index contributed by atoms with van der Waals surface area (Å²) in [6.07, 6.45) is 2.79. The van der Waals surface area contributed by atoms with Gasteiger partial charge in [-0.05, 0) is 30.4 Å². The quantitative estimate of drug-likeness (QED) is 0.772. The summed E-state index contributed by atoms with van der Waals surface area (Å²) in [7, 11) is 0. The summed E-state index contributed by atoms with van der Waals surface area (Å²) < 4.78 is 14.2. The van der Waals surface area contributed by atoms with Crippen LogP contribution < -0.4 is 10.1 Å². The lowest BCUT2D eigenvalue weighted by molar-refractivity contribution is 0.102. The van der Waals surface area contributed by atoms with Gasteiger partial charge in [0.2, 0.25) is 5.88 Å². The Morgan fingerprint density at radius 2 is 2.25 bits per heavy atom. The zero-order chi connectivity index (χ0) is 16.4. The molecular formula is C16H14N4O2S2. The molecule has 122 valence electrons. The normalized spacial score (nSPS) is 17.1. The van der Waals surface area contributed by atoms with Gasteiger partial charge in [-0.15, -0.1) is 0 Å². The number of benzene rings is 1. The van der Waals surface area contributed by atoms with Crippen molar-refractivity contribution < 1.29 is 9.53 Å². The van der Waals surface area contributed by atoms with Gasteiger partial charge in [0, 0.05) is 23.6 Å². The molecule has 1 aliphatic heterocycles. The van der Waals surface area contributed by atoms with Crippen LogP contribution in [-0.2, 0) is 0 Å². The van der Waals surface area contributed by atoms with Crippen molar-refractivity contribution in [1.29, 1.82) is 0 Å². The molecule has 3 heterocycles. The molecule has 3 aromatic rings. The number of ether oxygens (including phenoxy) is 1. The van der Waals surface area contributed by atoms with Gasteiger partial charge in [-0.1, -0.05) is 6.07 Å². The topological polar surface area (TPSA) is 77.0 Å². The first-order valence-electron chi connectivity index (χ1n) is 7.53. The SMILES string of the molecule is O=C(Nc1cccc2nsnc12)c1ccnc(OC2CCSC2)c1. The maximum absolute atomic E-state index is 12.5. The summed E-state index contributed by atoms with van der Waals surface area (Å²) in [4.78, 5) is 16.7. The third kappa shape index (κ3) is 3.20. The Balaban J connectivity index is 1.52. The fraction of sp³-hybridized carbons (Fsp3) is 0.250. The van der Waals surface area contributed by atoms with Gasteiger partial charge in [0.15, 0.2) is 0 Å². The van der Waals surface area contributed by atoms with Crippen LogP contribution in [0.1, 0.15) is 16.8 Å². The van der Waals surface area contributed by atoms with E-state index in [4.69, 9.17) is 4.74 Å². The standard InChI is InChI=1S/C16H14N4O2S2/c21-16(18-12-2-1-3-13-15(12)20-24-19-13)10-4-6-17-14(8-10)22-11-5-7-23-9-11/h1-4,6,8,11H,5,7,9H2,(H,18,21). The van der Waals surface area contributed by atoms with Crippen molar-refractivity contribution in [2.75, 3.05) is 16.8 Å². The van der Waals surface area contributed by atoms with Crippen LogP contribution in [0.2, 0.25) is 0 Å². The number of hydrogen-bond acceptors (Lipinski definition) is 7. The highest BCUT2D eigenvalue weighted by atomic mass is 32.2. The van der Waals surface area contributed by atoms with Gasteiger partial charge in [0.1, 0.15) is 17.1 Å². The molecule has 0 radical (unpaired) electrons. The van der Waals surface area contributed by atoms with E-state index in [2.05, 4.69) is 19.0 Å². The number of hydrogen-bond donors (Lipinski definition) is 1. The minimum absolute atomic E-state index is 0.177. The van der Waals surface area contributed by atoms with Crippen LogP contribution in [-0.4, -0.2) is 37.2 Å². The molecule has 0 saturated carbocycles. The van der Waals surface area contributed by atoms with Gasteiger partial charge in [-0.3, -0.25) is 4.79 Å². The van der Waals surface area contributed by atoms with Crippen molar-refractivity contribution in [2.24, 2.45) is 0 Å². The Labute approximate surface area is 147 Å². The average molecular weight is 358 g/mol. The number of anilines is 1. The number of fused-ring (bicyclic) bond motifs is 1. The molecule has 1 fully saturated rings. The molecule has 1 aliphatic rings. The van der Waals surface area contributed by atoms with Crippen LogP contribution in [0.15, 0.2) is 36.5 Å². The number of nitrogens with zero attached hydrogens (tertiary/aromatic N) is 3. The Bertz CT molecular complexity index is 877. The van der Waals surface area contributed by atoms with Gasteiger partial charge >= 0.3 is 0 Å². The van der Waals surface area contributed by atoms with Crippen molar-refractivity contribution in [3.8, 4) is 5.88 Å². The average Bonchev–Trinajstić information content (AvgIpc) is 3.27. The Morgan fingerprint density at radius 1 is 1.29 bits per heavy atom. The lowest BCUT2D eigenvalue weighted by atomic mass is 10.2. The first kappa shape index (κ1) is 15.3. The smallest absolute Gasteiger partial charge is 0.255 e. The molecule has 1 atom stereocenters. The highest BCUT2D eigenvalue weighted by Crippen LogP contribution is 2.24. The molecule has 0 aliphatic carbocycles. The lowest BCUT2D eigenvalue weighted by Crippen LogP contribution is -2.17. The van der Waals surface area contributed by atoms with Crippen LogP contribution in [0.5, 0.6) is 5.88 Å².